The van der Waals surface area contributed by atoms with Gasteiger partial charge in [0, 0.05) is 25.3 Å². The van der Waals surface area contributed by atoms with E-state index in [1.165, 1.54) is 25.1 Å². The molecule has 1 spiro atoms. The molecule has 0 aromatic heterocycles. The van der Waals surface area contributed by atoms with Gasteiger partial charge in [-0.15, -0.1) is 0 Å². The smallest absolute Gasteiger partial charge is 0.316 e. The Morgan fingerprint density at radius 3 is 2.46 bits per heavy atom. The second-order valence-corrected chi connectivity index (χ2v) is 10.8. The van der Waals surface area contributed by atoms with Crippen molar-refractivity contribution in [1.29, 1.82) is 0 Å². The maximum atomic E-state index is 13.1. The fraction of sp³-hybridized carbons (Fsp3) is 0.630. The number of hydrogen-bond donors (Lipinski definition) is 1. The number of ether oxygens (including phenoxy) is 4. The Morgan fingerprint density at radius 1 is 1.19 bits per heavy atom. The highest BCUT2D eigenvalue weighted by Gasteiger charge is 2.74. The van der Waals surface area contributed by atoms with Gasteiger partial charge in [0.25, 0.3) is 5.91 Å². The van der Waals surface area contributed by atoms with Crippen LogP contribution in [0, 0.1) is 17.8 Å². The highest BCUT2D eigenvalue weighted by Crippen LogP contribution is 2.57. The van der Waals surface area contributed by atoms with E-state index in [9.17, 15) is 24.3 Å². The van der Waals surface area contributed by atoms with E-state index in [0.717, 1.165) is 5.57 Å². The van der Waals surface area contributed by atoms with Crippen molar-refractivity contribution in [2.45, 2.75) is 70.7 Å². The number of likely N-dealkylation sites (N-methyl/N-ethyl adjacent to an activating group) is 1. The number of aliphatic hydroxyl groups excluding tert-OH is 1. The Bertz CT molecular complexity index is 1120. The van der Waals surface area contributed by atoms with E-state index in [1.807, 2.05) is 26.8 Å². The molecule has 0 saturated carbocycles. The lowest BCUT2D eigenvalue weighted by Gasteiger charge is -2.56. The lowest BCUT2D eigenvalue weighted by molar-refractivity contribution is -0.387. The molecule has 4 aliphatic heterocycles. The molecule has 37 heavy (non-hydrogen) atoms. The SMILES string of the molecule is COC(=O)[C@H]1[C@@H](C)O[C@@]2(C)CC(=O)C3O[C@]12O[C@H](C(C)/C=C(C)/C=C/C(O)=C1C(=O)CN(C)C1=O)C3C. The van der Waals surface area contributed by atoms with E-state index >= 15 is 0 Å². The number of ketones is 2. The van der Waals surface area contributed by atoms with Gasteiger partial charge in [-0.2, -0.15) is 0 Å². The Morgan fingerprint density at radius 2 is 1.86 bits per heavy atom. The molecule has 1 amide bonds. The number of nitrogens with zero attached hydrogens (tertiary/aromatic N) is 1. The average Bonchev–Trinajstić information content (AvgIpc) is 3.20. The Kier molecular flexibility index (Phi) is 6.98. The van der Waals surface area contributed by atoms with Gasteiger partial charge in [0.1, 0.15) is 29.0 Å². The topological polar surface area (TPSA) is 129 Å². The summed E-state index contributed by atoms with van der Waals surface area (Å²) in [6.45, 7) is 9.05. The molecule has 10 heteroatoms. The van der Waals surface area contributed by atoms with Crippen LogP contribution in [0.1, 0.15) is 41.0 Å². The molecule has 4 saturated heterocycles. The minimum absolute atomic E-state index is 0.0631. The molecule has 0 aliphatic carbocycles. The van der Waals surface area contributed by atoms with Gasteiger partial charge in [-0.1, -0.05) is 31.6 Å². The van der Waals surface area contributed by atoms with Crippen LogP contribution in [0.2, 0.25) is 0 Å². The average molecular weight is 518 g/mol. The van der Waals surface area contributed by atoms with Crippen LogP contribution in [0.3, 0.4) is 0 Å². The molecule has 4 fully saturated rings. The van der Waals surface area contributed by atoms with Crippen molar-refractivity contribution in [3.63, 3.8) is 0 Å². The Hall–Kier alpha value is -2.82. The Labute approximate surface area is 216 Å². The van der Waals surface area contributed by atoms with Crippen LogP contribution in [-0.2, 0) is 38.1 Å². The predicted molar refractivity (Wildman–Crippen MR) is 130 cm³/mol. The zero-order valence-corrected chi connectivity index (χ0v) is 22.3. The van der Waals surface area contributed by atoms with Crippen LogP contribution in [0.15, 0.2) is 35.1 Å². The number of rotatable bonds is 5. The normalized spacial score (nSPS) is 40.3. The van der Waals surface area contributed by atoms with Crippen molar-refractivity contribution in [1.82, 2.24) is 4.90 Å². The zero-order chi connectivity index (χ0) is 27.4. The minimum Gasteiger partial charge on any atom is -0.507 e. The maximum Gasteiger partial charge on any atom is 0.316 e. The number of allylic oxidation sites excluding steroid dienone is 3. The number of fused-ring (bicyclic) bond motifs is 1. The van der Waals surface area contributed by atoms with Gasteiger partial charge in [-0.3, -0.25) is 19.2 Å². The second-order valence-electron chi connectivity index (χ2n) is 10.8. The third-order valence-corrected chi connectivity index (χ3v) is 7.98. The number of Topliss-reactive ketones (excluding diaryl/α,β-unsaturated/α-hetero) is 2. The van der Waals surface area contributed by atoms with Crippen LogP contribution in [-0.4, -0.2) is 83.9 Å². The molecular weight excluding hydrogens is 482 g/mol. The van der Waals surface area contributed by atoms with Crippen LogP contribution >= 0.6 is 0 Å². The van der Waals surface area contributed by atoms with Gasteiger partial charge in [0.15, 0.2) is 11.6 Å². The van der Waals surface area contributed by atoms with Crippen molar-refractivity contribution in [3.05, 3.63) is 35.1 Å². The predicted octanol–water partition coefficient (Wildman–Crippen LogP) is 2.03. The van der Waals surface area contributed by atoms with Crippen molar-refractivity contribution in [3.8, 4) is 0 Å². The van der Waals surface area contributed by atoms with E-state index < -0.39 is 53.3 Å². The van der Waals surface area contributed by atoms with Crippen LogP contribution in [0.25, 0.3) is 0 Å². The molecule has 10 nitrogen and oxygen atoms in total. The molecular formula is C27H35NO9. The molecule has 1 N–H and O–H groups in total. The molecule has 3 unspecified atom stereocenters. The van der Waals surface area contributed by atoms with E-state index in [1.54, 1.807) is 19.9 Å². The number of carbonyl (C=O) groups is 4. The first-order valence-electron chi connectivity index (χ1n) is 12.5. The minimum atomic E-state index is -1.47. The van der Waals surface area contributed by atoms with Gasteiger partial charge >= 0.3 is 5.97 Å². The van der Waals surface area contributed by atoms with Gasteiger partial charge in [-0.05, 0) is 26.8 Å². The zero-order valence-electron chi connectivity index (χ0n) is 22.3. The van der Waals surface area contributed by atoms with Gasteiger partial charge in [0.2, 0.25) is 5.79 Å². The third kappa shape index (κ3) is 4.24. The number of esters is 1. The van der Waals surface area contributed by atoms with Crippen molar-refractivity contribution >= 4 is 23.4 Å². The van der Waals surface area contributed by atoms with Crippen molar-refractivity contribution in [2.24, 2.45) is 17.8 Å². The van der Waals surface area contributed by atoms with Gasteiger partial charge in [-0.25, -0.2) is 0 Å². The molecule has 202 valence electrons. The lowest BCUT2D eigenvalue weighted by Crippen LogP contribution is -2.71. The molecule has 0 aromatic rings. The maximum absolute atomic E-state index is 13.1. The fourth-order valence-corrected chi connectivity index (χ4v) is 6.20. The fourth-order valence-electron chi connectivity index (χ4n) is 6.20. The lowest BCUT2D eigenvalue weighted by atomic mass is 9.73. The molecule has 4 heterocycles. The molecule has 4 aliphatic rings. The van der Waals surface area contributed by atoms with Crippen molar-refractivity contribution < 1.29 is 43.2 Å². The largest absolute Gasteiger partial charge is 0.507 e. The standard InChI is InChI=1S/C27H35NO9/c1-13(8-9-17(29)20-19(31)12-28(6)24(20)32)10-14(2)22-15(3)23-18(30)11-26(5)27(36-22,37-23)21(16(4)35-26)25(33)34-7/h8-10,14-16,21-23,29H,11-12H2,1-7H3/b9-8+,13-10+,20-17?/t14?,15?,16-,21-,22-,23?,26+,27-/m1/s1. The number of aliphatic hydroxyl groups is 1. The summed E-state index contributed by atoms with van der Waals surface area (Å²) >= 11 is 0. The monoisotopic (exact) mass is 517 g/mol. The number of carbonyl (C=O) groups excluding carboxylic acids is 4. The van der Waals surface area contributed by atoms with Crippen molar-refractivity contribution in [2.75, 3.05) is 20.7 Å². The molecule has 0 radical (unpaired) electrons. The third-order valence-electron chi connectivity index (χ3n) is 7.98. The first-order chi connectivity index (χ1) is 17.3. The Balaban J connectivity index is 1.62. The summed E-state index contributed by atoms with van der Waals surface area (Å²) in [5.41, 5.74) is -0.637. The molecule has 2 bridgehead atoms. The van der Waals surface area contributed by atoms with Gasteiger partial charge < -0.3 is 29.0 Å². The first kappa shape index (κ1) is 27.2. The number of methoxy groups -OCH3 is 1. The molecule has 8 atom stereocenters. The summed E-state index contributed by atoms with van der Waals surface area (Å²) in [7, 11) is 2.80. The summed E-state index contributed by atoms with van der Waals surface area (Å²) in [5.74, 6) is -4.83. The van der Waals surface area contributed by atoms with E-state index in [2.05, 4.69) is 0 Å². The quantitative estimate of drug-likeness (QED) is 0.191. The summed E-state index contributed by atoms with van der Waals surface area (Å²) in [5, 5.41) is 10.3. The number of likely N-dealkylation sites (tertiary alicyclic amines) is 1. The highest BCUT2D eigenvalue weighted by atomic mass is 16.8. The highest BCUT2D eigenvalue weighted by molar-refractivity contribution is 6.25. The van der Waals surface area contributed by atoms with Crippen LogP contribution in [0.4, 0.5) is 0 Å². The molecule has 4 rings (SSSR count). The number of amides is 1. The summed E-state index contributed by atoms with van der Waals surface area (Å²) in [6.07, 6.45) is 3.07. The van der Waals surface area contributed by atoms with E-state index in [4.69, 9.17) is 18.9 Å². The van der Waals surface area contributed by atoms with E-state index in [0.29, 0.717) is 0 Å². The number of hydrogen-bond acceptors (Lipinski definition) is 9. The molecule has 0 aromatic carbocycles. The summed E-state index contributed by atoms with van der Waals surface area (Å²) in [6, 6.07) is 0. The van der Waals surface area contributed by atoms with Crippen LogP contribution in [0.5, 0.6) is 0 Å². The van der Waals surface area contributed by atoms with Crippen LogP contribution < -0.4 is 0 Å². The summed E-state index contributed by atoms with van der Waals surface area (Å²) < 4.78 is 24.1. The van der Waals surface area contributed by atoms with Gasteiger partial charge in [0.05, 0.1) is 25.9 Å². The first-order valence-corrected chi connectivity index (χ1v) is 12.5. The van der Waals surface area contributed by atoms with E-state index in [-0.39, 0.29) is 41.9 Å². The summed E-state index contributed by atoms with van der Waals surface area (Å²) in [4.78, 5) is 51.3. The second kappa shape index (κ2) is 9.49.